The van der Waals surface area contributed by atoms with Gasteiger partial charge >= 0.3 is 0 Å². The highest BCUT2D eigenvalue weighted by atomic mass is 16.5. The lowest BCUT2D eigenvalue weighted by Crippen LogP contribution is -3.13. The Hall–Kier alpha value is -2.58. The number of pyridine rings is 1. The Morgan fingerprint density at radius 1 is 1.27 bits per heavy atom. The molecule has 1 aromatic carbocycles. The highest BCUT2D eigenvalue weighted by molar-refractivity contribution is 5.83. The molecule has 2 N–H and O–H groups in total. The second-order valence-corrected chi connectivity index (χ2v) is 8.63. The van der Waals surface area contributed by atoms with Crippen LogP contribution in [0.25, 0.3) is 10.9 Å². The minimum atomic E-state index is -0.210. The molecule has 1 aliphatic heterocycles. The van der Waals surface area contributed by atoms with E-state index < -0.39 is 0 Å². The van der Waals surface area contributed by atoms with E-state index in [2.05, 4.69) is 46.5 Å². The Bertz CT molecular complexity index is 1080. The van der Waals surface area contributed by atoms with Gasteiger partial charge in [-0.25, -0.2) is 4.68 Å². The lowest BCUT2D eigenvalue weighted by Gasteiger charge is -2.33. The molecule has 0 unspecified atom stereocenters. The molecule has 1 atom stereocenters. The van der Waals surface area contributed by atoms with E-state index in [1.165, 1.54) is 10.5 Å². The van der Waals surface area contributed by atoms with Crippen molar-refractivity contribution in [2.45, 2.75) is 46.2 Å². The zero-order valence-electron chi connectivity index (χ0n) is 18.2. The van der Waals surface area contributed by atoms with Crippen LogP contribution in [0.15, 0.2) is 23.0 Å². The number of likely N-dealkylation sites (tertiary alicyclic amines) is 1. The quantitative estimate of drug-likeness (QED) is 0.636. The Kier molecular flexibility index (Phi) is 5.97. The van der Waals surface area contributed by atoms with Gasteiger partial charge in [-0.15, -0.1) is 5.10 Å². The molecular weight excluding hydrogens is 380 g/mol. The summed E-state index contributed by atoms with van der Waals surface area (Å²) in [5.74, 6) is 1.44. The number of nitrogens with one attached hydrogen (secondary N) is 2. The zero-order valence-corrected chi connectivity index (χ0v) is 18.2. The van der Waals surface area contributed by atoms with Crippen LogP contribution >= 0.6 is 0 Å². The van der Waals surface area contributed by atoms with Gasteiger partial charge in [0.15, 0.2) is 6.04 Å². The Morgan fingerprint density at radius 2 is 2.03 bits per heavy atom. The average molecular weight is 412 g/mol. The fourth-order valence-electron chi connectivity index (χ4n) is 4.64. The van der Waals surface area contributed by atoms with Gasteiger partial charge in [0.1, 0.15) is 0 Å². The first kappa shape index (κ1) is 20.7. The van der Waals surface area contributed by atoms with E-state index in [0.717, 1.165) is 53.8 Å². The van der Waals surface area contributed by atoms with Crippen LogP contribution in [0.1, 0.15) is 48.3 Å². The van der Waals surface area contributed by atoms with Gasteiger partial charge in [-0.05, 0) is 66.1 Å². The van der Waals surface area contributed by atoms with Crippen LogP contribution in [0.2, 0.25) is 0 Å². The highest BCUT2D eigenvalue weighted by Gasteiger charge is 2.36. The third-order valence-electron chi connectivity index (χ3n) is 6.28. The summed E-state index contributed by atoms with van der Waals surface area (Å²) in [6.07, 6.45) is 2.27. The van der Waals surface area contributed by atoms with Crippen molar-refractivity contribution in [2.24, 2.45) is 5.92 Å². The molecule has 0 saturated carbocycles. The van der Waals surface area contributed by atoms with E-state index in [1.54, 1.807) is 11.8 Å². The second-order valence-electron chi connectivity index (χ2n) is 8.63. The average Bonchev–Trinajstić information content (AvgIpc) is 3.17. The number of piperidine rings is 1. The van der Waals surface area contributed by atoms with Gasteiger partial charge in [-0.1, -0.05) is 18.6 Å². The summed E-state index contributed by atoms with van der Waals surface area (Å²) >= 11 is 0. The number of rotatable bonds is 6. The number of nitrogens with zero attached hydrogens (tertiary/aromatic N) is 4. The molecule has 1 fully saturated rings. The number of H-pyrrole nitrogens is 1. The molecule has 8 nitrogen and oxygen atoms in total. The number of aryl methyl sites for hydroxylation is 2. The maximum Gasteiger partial charge on any atom is 0.258 e. The molecule has 0 bridgehead atoms. The van der Waals surface area contributed by atoms with Crippen molar-refractivity contribution in [2.75, 3.05) is 26.8 Å². The number of aromatic nitrogens is 5. The van der Waals surface area contributed by atoms with Crippen molar-refractivity contribution in [1.82, 2.24) is 25.2 Å². The molecule has 8 heteroatoms. The number of hydrogen-bond donors (Lipinski definition) is 2. The molecule has 160 valence electrons. The molecule has 0 aliphatic carbocycles. The van der Waals surface area contributed by atoms with Crippen molar-refractivity contribution < 1.29 is 9.64 Å². The summed E-state index contributed by atoms with van der Waals surface area (Å²) in [6, 6.07) is 6.05. The molecule has 30 heavy (non-hydrogen) atoms. The molecular formula is C22H31N6O2+. The predicted octanol–water partition coefficient (Wildman–Crippen LogP) is 1.18. The maximum atomic E-state index is 13.3. The minimum Gasteiger partial charge on any atom is -0.383 e. The smallest absolute Gasteiger partial charge is 0.258 e. The lowest BCUT2D eigenvalue weighted by atomic mass is 9.95. The summed E-state index contributed by atoms with van der Waals surface area (Å²) in [5.41, 5.74) is 3.82. The minimum absolute atomic E-state index is 0.0631. The molecule has 0 amide bonds. The number of methoxy groups -OCH3 is 1. The third-order valence-corrected chi connectivity index (χ3v) is 6.28. The summed E-state index contributed by atoms with van der Waals surface area (Å²) in [7, 11) is 1.66. The van der Waals surface area contributed by atoms with E-state index >= 15 is 0 Å². The van der Waals surface area contributed by atoms with Crippen molar-refractivity contribution >= 4 is 10.9 Å². The SMILES string of the molecule is COCCn1nnnc1[C@H](c1cc2cc(C)cc(C)c2[nH]c1=O)[NH+]1CCC(C)CC1. The summed E-state index contributed by atoms with van der Waals surface area (Å²) in [5, 5.41) is 13.5. The fourth-order valence-corrected chi connectivity index (χ4v) is 4.64. The predicted molar refractivity (Wildman–Crippen MR) is 115 cm³/mol. The number of tetrazole rings is 1. The lowest BCUT2D eigenvalue weighted by molar-refractivity contribution is -0.932. The Morgan fingerprint density at radius 3 is 2.77 bits per heavy atom. The molecule has 0 spiro atoms. The van der Waals surface area contributed by atoms with E-state index in [4.69, 9.17) is 4.74 Å². The Balaban J connectivity index is 1.85. The molecule has 2 aromatic heterocycles. The van der Waals surface area contributed by atoms with Crippen LogP contribution in [0.4, 0.5) is 0 Å². The molecule has 3 heterocycles. The van der Waals surface area contributed by atoms with Crippen LogP contribution < -0.4 is 10.5 Å². The van der Waals surface area contributed by atoms with Crippen molar-refractivity contribution in [3.63, 3.8) is 0 Å². The standard InChI is InChI=1S/C22H30N6O2/c1-14-5-7-27(8-6-14)20(21-24-25-26-28(21)9-10-30-4)18-13-17-12-15(2)11-16(3)19(17)23-22(18)29/h11-14,20H,5-10H2,1-4H3,(H,23,29)/p+1/t20-/m0/s1. The van der Waals surface area contributed by atoms with Gasteiger partial charge < -0.3 is 14.6 Å². The van der Waals surface area contributed by atoms with Gasteiger partial charge in [-0.2, -0.15) is 0 Å². The number of ether oxygens (including phenoxy) is 1. The number of quaternary nitrogens is 1. The van der Waals surface area contributed by atoms with Gasteiger partial charge in [0, 0.05) is 7.11 Å². The highest BCUT2D eigenvalue weighted by Crippen LogP contribution is 2.22. The fraction of sp³-hybridized carbons (Fsp3) is 0.545. The largest absolute Gasteiger partial charge is 0.383 e. The molecule has 0 radical (unpaired) electrons. The number of hydrogen-bond acceptors (Lipinski definition) is 5. The van der Waals surface area contributed by atoms with Crippen LogP contribution in [0, 0.1) is 19.8 Å². The monoisotopic (exact) mass is 411 g/mol. The number of fused-ring (bicyclic) bond motifs is 1. The van der Waals surface area contributed by atoms with Gasteiger partial charge in [-0.3, -0.25) is 4.79 Å². The van der Waals surface area contributed by atoms with Gasteiger partial charge in [0.2, 0.25) is 5.82 Å². The van der Waals surface area contributed by atoms with E-state index in [1.807, 2.05) is 13.0 Å². The number of benzene rings is 1. The molecule has 1 saturated heterocycles. The van der Waals surface area contributed by atoms with Crippen LogP contribution in [-0.4, -0.2) is 52.0 Å². The molecule has 3 aromatic rings. The van der Waals surface area contributed by atoms with Crippen molar-refractivity contribution in [3.05, 3.63) is 51.1 Å². The summed E-state index contributed by atoms with van der Waals surface area (Å²) in [6.45, 7) is 9.47. The zero-order chi connectivity index (χ0) is 21.3. The summed E-state index contributed by atoms with van der Waals surface area (Å²) < 4.78 is 7.01. The van der Waals surface area contributed by atoms with Crippen LogP contribution in [0.5, 0.6) is 0 Å². The first-order valence-corrected chi connectivity index (χ1v) is 10.7. The van der Waals surface area contributed by atoms with Crippen LogP contribution in [-0.2, 0) is 11.3 Å². The topological polar surface area (TPSA) is 90.1 Å². The first-order valence-electron chi connectivity index (χ1n) is 10.7. The summed E-state index contributed by atoms with van der Waals surface area (Å²) in [4.78, 5) is 17.7. The first-order chi connectivity index (χ1) is 14.5. The van der Waals surface area contributed by atoms with Crippen molar-refractivity contribution in [1.29, 1.82) is 0 Å². The Labute approximate surface area is 176 Å². The maximum absolute atomic E-state index is 13.3. The van der Waals surface area contributed by atoms with E-state index in [-0.39, 0.29) is 11.6 Å². The van der Waals surface area contributed by atoms with E-state index in [0.29, 0.717) is 19.1 Å². The van der Waals surface area contributed by atoms with Crippen molar-refractivity contribution in [3.8, 4) is 0 Å². The second kappa shape index (κ2) is 8.65. The normalized spacial score (nSPS) is 20.5. The third kappa shape index (κ3) is 4.02. The van der Waals surface area contributed by atoms with E-state index in [9.17, 15) is 4.79 Å². The number of aromatic amines is 1. The van der Waals surface area contributed by atoms with Gasteiger partial charge in [0.05, 0.1) is 37.3 Å². The van der Waals surface area contributed by atoms with Crippen LogP contribution in [0.3, 0.4) is 0 Å². The molecule has 4 rings (SSSR count). The molecule has 1 aliphatic rings. The van der Waals surface area contributed by atoms with Gasteiger partial charge in [0.25, 0.3) is 5.56 Å².